The number of halogens is 2. The number of hydrogen-bond acceptors (Lipinski definition) is 2. The summed E-state index contributed by atoms with van der Waals surface area (Å²) in [6.07, 6.45) is 0. The van der Waals surface area contributed by atoms with Gasteiger partial charge < -0.3 is 37.1 Å². The van der Waals surface area contributed by atoms with Crippen molar-refractivity contribution in [1.82, 2.24) is 12.3 Å². The van der Waals surface area contributed by atoms with Gasteiger partial charge in [-0.1, -0.05) is 0 Å². The van der Waals surface area contributed by atoms with Gasteiger partial charge >= 0.3 is 40.8 Å². The monoisotopic (exact) mass is 316 g/mol. The molecule has 6 heteroatoms. The van der Waals surface area contributed by atoms with E-state index in [2.05, 4.69) is 0 Å². The molecule has 0 rings (SSSR count). The molecule has 0 amide bonds. The van der Waals surface area contributed by atoms with Gasteiger partial charge in [0.1, 0.15) is 0 Å². The first-order valence-electron chi connectivity index (χ1n) is 0. The summed E-state index contributed by atoms with van der Waals surface area (Å²) < 4.78 is 0. The Morgan fingerprint density at radius 2 is 0.500 bits per heavy atom. The summed E-state index contributed by atoms with van der Waals surface area (Å²) in [4.78, 5) is 0. The van der Waals surface area contributed by atoms with Crippen molar-refractivity contribution in [1.29, 1.82) is 0 Å². The zero-order valence-corrected chi connectivity index (χ0v) is 7.42. The van der Waals surface area contributed by atoms with E-state index in [1.807, 2.05) is 0 Å². The van der Waals surface area contributed by atoms with Crippen LogP contribution < -0.4 is 37.1 Å². The van der Waals surface area contributed by atoms with Crippen LogP contribution in [0, 0.1) is 0 Å². The van der Waals surface area contributed by atoms with Gasteiger partial charge in [0.15, 0.2) is 0 Å². The summed E-state index contributed by atoms with van der Waals surface area (Å²) in [5.74, 6) is 0. The van der Waals surface area contributed by atoms with Crippen LogP contribution in [-0.4, -0.2) is 0 Å². The molecule has 0 spiro atoms. The van der Waals surface area contributed by atoms with Gasteiger partial charge in [-0.05, 0) is 0 Å². The molecule has 0 aliphatic rings. The van der Waals surface area contributed by atoms with Crippen LogP contribution in [0.2, 0.25) is 0 Å². The molecule has 48 valence electrons. The molecule has 0 aromatic rings. The van der Waals surface area contributed by atoms with Gasteiger partial charge in [0.25, 0.3) is 0 Å². The largest absolute Gasteiger partial charge is 2.00 e. The molecule has 0 radical (unpaired) electrons. The quantitative estimate of drug-likeness (QED) is 0.437. The van der Waals surface area contributed by atoms with E-state index in [1.54, 1.807) is 0 Å². The summed E-state index contributed by atoms with van der Waals surface area (Å²) >= 11 is 0. The van der Waals surface area contributed by atoms with Gasteiger partial charge in [0.2, 0.25) is 0 Å². The van der Waals surface area contributed by atoms with Crippen LogP contribution in [0.1, 0.15) is 0 Å². The molecule has 0 aromatic carbocycles. The zero-order chi connectivity index (χ0) is 0. The number of hydrogen-bond donors (Lipinski definition) is 2. The Balaban J connectivity index is 0. The standard InChI is InChI=1S/2ClH.2H3N.2Pd/h2*1H;2*1H3;;/q;;;;2*+2/p-2. The third-order valence-electron chi connectivity index (χ3n) is 0. The molecule has 0 atom stereocenters. The smallest absolute Gasteiger partial charge is 1.00 e. The van der Waals surface area contributed by atoms with E-state index in [9.17, 15) is 0 Å². The van der Waals surface area contributed by atoms with Gasteiger partial charge in [-0.15, -0.1) is 0 Å². The van der Waals surface area contributed by atoms with Crippen LogP contribution in [0.15, 0.2) is 0 Å². The summed E-state index contributed by atoms with van der Waals surface area (Å²) in [7, 11) is 0. The second-order valence-corrected chi connectivity index (χ2v) is 0. The van der Waals surface area contributed by atoms with Crippen molar-refractivity contribution in [2.45, 2.75) is 0 Å². The van der Waals surface area contributed by atoms with Crippen molar-refractivity contribution in [2.24, 2.45) is 0 Å². The minimum atomic E-state index is 0. The Morgan fingerprint density at radius 3 is 0.500 bits per heavy atom. The van der Waals surface area contributed by atoms with Crippen LogP contribution in [0.5, 0.6) is 0 Å². The van der Waals surface area contributed by atoms with Gasteiger partial charge in [-0.2, -0.15) is 0 Å². The van der Waals surface area contributed by atoms with Crippen molar-refractivity contribution in [3.8, 4) is 0 Å². The van der Waals surface area contributed by atoms with E-state index >= 15 is 0 Å². The molecule has 0 aliphatic carbocycles. The average molecular weight is 318 g/mol. The van der Waals surface area contributed by atoms with Gasteiger partial charge in [0.05, 0.1) is 0 Å². The predicted octanol–water partition coefficient (Wildman–Crippen LogP) is -5.67. The van der Waals surface area contributed by atoms with Crippen molar-refractivity contribution in [3.63, 3.8) is 0 Å². The Hall–Kier alpha value is 1.82. The maximum absolute atomic E-state index is 0. The van der Waals surface area contributed by atoms with Gasteiger partial charge in [-0.25, -0.2) is 0 Å². The zero-order valence-electron chi connectivity index (χ0n) is 2.80. The molecule has 0 heterocycles. The maximum atomic E-state index is 0. The maximum Gasteiger partial charge on any atom is 2.00 e. The Morgan fingerprint density at radius 1 is 0.500 bits per heavy atom. The fourth-order valence-electron chi connectivity index (χ4n) is 0. The predicted molar refractivity (Wildman–Crippen MR) is 10.0 cm³/mol. The molecule has 0 aromatic heterocycles. The van der Waals surface area contributed by atoms with Crippen molar-refractivity contribution in [3.05, 3.63) is 0 Å². The van der Waals surface area contributed by atoms with Crippen LogP contribution in [0.3, 0.4) is 0 Å². The molecule has 0 unspecified atom stereocenters. The van der Waals surface area contributed by atoms with Crippen LogP contribution in [0.25, 0.3) is 0 Å². The van der Waals surface area contributed by atoms with E-state index in [0.717, 1.165) is 0 Å². The SMILES string of the molecule is N.N.[Cl-].[Cl-].[Pd+2].[Pd+2]. The Kier molecular flexibility index (Phi) is 1270. The summed E-state index contributed by atoms with van der Waals surface area (Å²) in [6, 6.07) is 0. The van der Waals surface area contributed by atoms with E-state index in [1.165, 1.54) is 0 Å². The molecule has 0 saturated heterocycles. The van der Waals surface area contributed by atoms with E-state index in [0.29, 0.717) is 0 Å². The molecule has 0 saturated carbocycles. The molecule has 0 aliphatic heterocycles. The van der Waals surface area contributed by atoms with Crippen LogP contribution in [0.4, 0.5) is 0 Å². The first kappa shape index (κ1) is 109. The van der Waals surface area contributed by atoms with Crippen molar-refractivity contribution in [2.75, 3.05) is 0 Å². The van der Waals surface area contributed by atoms with E-state index in [4.69, 9.17) is 0 Å². The summed E-state index contributed by atoms with van der Waals surface area (Å²) in [5.41, 5.74) is 0. The number of rotatable bonds is 0. The molecule has 0 bridgehead atoms. The Labute approximate surface area is 77.5 Å². The second-order valence-electron chi connectivity index (χ2n) is 0. The van der Waals surface area contributed by atoms with Crippen LogP contribution >= 0.6 is 0 Å². The first-order valence-corrected chi connectivity index (χ1v) is 0. The molecular weight excluding hydrogens is 312 g/mol. The van der Waals surface area contributed by atoms with Crippen LogP contribution in [-0.2, 0) is 40.8 Å². The third-order valence-corrected chi connectivity index (χ3v) is 0. The third kappa shape index (κ3) is 40.7. The minimum Gasteiger partial charge on any atom is -1.00 e. The second kappa shape index (κ2) is 69.5. The molecular formula is H6Cl2N2Pd2+2. The Bertz CT molecular complexity index is 9.51. The minimum absolute atomic E-state index is 0. The normalized spacial score (nSPS) is 0. The van der Waals surface area contributed by atoms with Crippen molar-refractivity contribution < 1.29 is 65.7 Å². The average Bonchev–Trinajstić information content (AvgIpc) is 0. The first-order chi connectivity index (χ1) is 0. The molecule has 6 heavy (non-hydrogen) atoms. The molecule has 6 N–H and O–H groups in total. The molecule has 2 nitrogen and oxygen atoms in total. The fourth-order valence-corrected chi connectivity index (χ4v) is 0. The van der Waals surface area contributed by atoms with Gasteiger partial charge in [-0.3, -0.25) is 0 Å². The topological polar surface area (TPSA) is 70.0 Å². The summed E-state index contributed by atoms with van der Waals surface area (Å²) in [6.45, 7) is 0. The van der Waals surface area contributed by atoms with Gasteiger partial charge in [0, 0.05) is 0 Å². The van der Waals surface area contributed by atoms with E-state index in [-0.39, 0.29) is 78.0 Å². The van der Waals surface area contributed by atoms with E-state index < -0.39 is 0 Å². The molecule has 0 fully saturated rings. The fraction of sp³-hybridized carbons (Fsp3) is 0. The summed E-state index contributed by atoms with van der Waals surface area (Å²) in [5, 5.41) is 0. The van der Waals surface area contributed by atoms with Crippen molar-refractivity contribution >= 4 is 0 Å².